The van der Waals surface area contributed by atoms with Gasteiger partial charge in [0, 0.05) is 6.54 Å². The summed E-state index contributed by atoms with van der Waals surface area (Å²) in [4.78, 5) is 8.23. The molecule has 0 atom stereocenters. The SMILES string of the molecule is CCC1(CNc2cnc(N)cn2)CCCC1. The summed E-state index contributed by atoms with van der Waals surface area (Å²) < 4.78 is 0. The third kappa shape index (κ3) is 2.43. The predicted octanol–water partition coefficient (Wildman–Crippen LogP) is 2.44. The van der Waals surface area contributed by atoms with Crippen LogP contribution in [0.25, 0.3) is 0 Å². The van der Waals surface area contributed by atoms with Crippen LogP contribution < -0.4 is 11.1 Å². The second-order valence-electron chi connectivity index (χ2n) is 4.74. The molecule has 0 saturated heterocycles. The number of anilines is 2. The van der Waals surface area contributed by atoms with Crippen LogP contribution >= 0.6 is 0 Å². The molecule has 0 radical (unpaired) electrons. The Labute approximate surface area is 96.7 Å². The van der Waals surface area contributed by atoms with Crippen molar-refractivity contribution in [2.75, 3.05) is 17.6 Å². The highest BCUT2D eigenvalue weighted by Gasteiger charge is 2.31. The standard InChI is InChI=1S/C12H20N4/c1-2-12(5-3-4-6-12)9-16-11-8-14-10(13)7-15-11/h7-8H,2-6,9H2,1H3,(H2,13,14)(H,15,16). The first kappa shape index (κ1) is 11.2. The lowest BCUT2D eigenvalue weighted by Gasteiger charge is -2.27. The Morgan fingerprint density at radius 3 is 2.62 bits per heavy atom. The first-order valence-electron chi connectivity index (χ1n) is 6.05. The minimum atomic E-state index is 0.469. The first-order valence-corrected chi connectivity index (χ1v) is 6.05. The van der Waals surface area contributed by atoms with E-state index in [2.05, 4.69) is 22.2 Å². The van der Waals surface area contributed by atoms with Crippen molar-refractivity contribution in [3.05, 3.63) is 12.4 Å². The molecule has 4 nitrogen and oxygen atoms in total. The van der Waals surface area contributed by atoms with E-state index < -0.39 is 0 Å². The van der Waals surface area contributed by atoms with E-state index in [9.17, 15) is 0 Å². The van der Waals surface area contributed by atoms with Crippen LogP contribution in [0, 0.1) is 5.41 Å². The molecule has 0 unspecified atom stereocenters. The van der Waals surface area contributed by atoms with Crippen LogP contribution in [-0.2, 0) is 0 Å². The number of nitrogens with zero attached hydrogens (tertiary/aromatic N) is 2. The van der Waals surface area contributed by atoms with Gasteiger partial charge in [-0.1, -0.05) is 19.8 Å². The molecule has 2 rings (SSSR count). The Bertz CT molecular complexity index is 327. The molecule has 0 aliphatic heterocycles. The maximum Gasteiger partial charge on any atom is 0.144 e. The summed E-state index contributed by atoms with van der Waals surface area (Å²) in [5.41, 5.74) is 5.97. The fraction of sp³-hybridized carbons (Fsp3) is 0.667. The van der Waals surface area contributed by atoms with Crippen molar-refractivity contribution in [3.63, 3.8) is 0 Å². The van der Waals surface area contributed by atoms with Crippen molar-refractivity contribution in [2.45, 2.75) is 39.0 Å². The minimum absolute atomic E-state index is 0.469. The zero-order valence-electron chi connectivity index (χ0n) is 9.87. The van der Waals surface area contributed by atoms with Crippen molar-refractivity contribution in [1.29, 1.82) is 0 Å². The summed E-state index contributed by atoms with van der Waals surface area (Å²) in [6.07, 6.45) is 9.93. The molecule has 16 heavy (non-hydrogen) atoms. The Morgan fingerprint density at radius 1 is 1.31 bits per heavy atom. The van der Waals surface area contributed by atoms with Crippen molar-refractivity contribution in [1.82, 2.24) is 9.97 Å². The van der Waals surface area contributed by atoms with Gasteiger partial charge in [0.25, 0.3) is 0 Å². The van der Waals surface area contributed by atoms with Gasteiger partial charge in [-0.2, -0.15) is 0 Å². The van der Waals surface area contributed by atoms with Crippen molar-refractivity contribution in [3.8, 4) is 0 Å². The second kappa shape index (κ2) is 4.68. The zero-order valence-corrected chi connectivity index (χ0v) is 9.87. The van der Waals surface area contributed by atoms with Gasteiger partial charge in [0.1, 0.15) is 11.6 Å². The van der Waals surface area contributed by atoms with Crippen LogP contribution in [0.4, 0.5) is 11.6 Å². The lowest BCUT2D eigenvalue weighted by molar-refractivity contribution is 0.306. The number of rotatable bonds is 4. The highest BCUT2D eigenvalue weighted by molar-refractivity contribution is 5.36. The molecule has 1 fully saturated rings. The molecule has 3 N–H and O–H groups in total. The van der Waals surface area contributed by atoms with Gasteiger partial charge in [-0.25, -0.2) is 9.97 Å². The number of nitrogen functional groups attached to an aromatic ring is 1. The normalized spacial score (nSPS) is 18.6. The first-order chi connectivity index (χ1) is 7.74. The Kier molecular flexibility index (Phi) is 3.27. The molecule has 1 aliphatic carbocycles. The topological polar surface area (TPSA) is 63.8 Å². The van der Waals surface area contributed by atoms with E-state index in [0.29, 0.717) is 11.2 Å². The van der Waals surface area contributed by atoms with E-state index in [-0.39, 0.29) is 0 Å². The molecule has 0 aromatic carbocycles. The average molecular weight is 220 g/mol. The molecule has 4 heteroatoms. The zero-order chi connectivity index (χ0) is 11.4. The van der Waals surface area contributed by atoms with E-state index >= 15 is 0 Å². The molecule has 88 valence electrons. The van der Waals surface area contributed by atoms with Crippen molar-refractivity contribution < 1.29 is 0 Å². The van der Waals surface area contributed by atoms with E-state index in [1.807, 2.05) is 0 Å². The molecule has 0 bridgehead atoms. The molecule has 1 aromatic rings. The number of hydrogen-bond acceptors (Lipinski definition) is 4. The van der Waals surface area contributed by atoms with Crippen molar-refractivity contribution in [2.24, 2.45) is 5.41 Å². The second-order valence-corrected chi connectivity index (χ2v) is 4.74. The van der Waals surface area contributed by atoms with E-state index in [1.165, 1.54) is 32.1 Å². The third-order valence-electron chi connectivity index (χ3n) is 3.73. The van der Waals surface area contributed by atoms with Crippen LogP contribution in [-0.4, -0.2) is 16.5 Å². The van der Waals surface area contributed by atoms with Crippen LogP contribution in [0.2, 0.25) is 0 Å². The summed E-state index contributed by atoms with van der Waals surface area (Å²) in [6.45, 7) is 3.28. The highest BCUT2D eigenvalue weighted by Crippen LogP contribution is 2.40. The van der Waals surface area contributed by atoms with Crippen LogP contribution in [0.1, 0.15) is 39.0 Å². The van der Waals surface area contributed by atoms with Crippen molar-refractivity contribution >= 4 is 11.6 Å². The molecule has 1 heterocycles. The Balaban J connectivity index is 1.93. The number of hydrogen-bond donors (Lipinski definition) is 2. The molecular formula is C12H20N4. The average Bonchev–Trinajstić information content (AvgIpc) is 2.78. The lowest BCUT2D eigenvalue weighted by Crippen LogP contribution is -2.26. The molecule has 1 aromatic heterocycles. The number of aromatic nitrogens is 2. The number of nitrogens with two attached hydrogens (primary N) is 1. The molecule has 0 spiro atoms. The van der Waals surface area contributed by atoms with Crippen LogP contribution in [0.3, 0.4) is 0 Å². The molecule has 1 aliphatic rings. The quantitative estimate of drug-likeness (QED) is 0.818. The van der Waals surface area contributed by atoms with E-state index in [1.54, 1.807) is 12.4 Å². The molecule has 1 saturated carbocycles. The van der Waals surface area contributed by atoms with Gasteiger partial charge < -0.3 is 11.1 Å². The summed E-state index contributed by atoms with van der Waals surface area (Å²) in [5, 5.41) is 3.38. The minimum Gasteiger partial charge on any atom is -0.382 e. The van der Waals surface area contributed by atoms with Gasteiger partial charge in [0.2, 0.25) is 0 Å². The van der Waals surface area contributed by atoms with Gasteiger partial charge in [-0.05, 0) is 24.7 Å². The fourth-order valence-electron chi connectivity index (χ4n) is 2.49. The number of nitrogens with one attached hydrogen (secondary N) is 1. The van der Waals surface area contributed by atoms with Crippen LogP contribution in [0.5, 0.6) is 0 Å². The smallest absolute Gasteiger partial charge is 0.144 e. The predicted molar refractivity (Wildman–Crippen MR) is 66.1 cm³/mol. The van der Waals surface area contributed by atoms with Gasteiger partial charge in [-0.15, -0.1) is 0 Å². The van der Waals surface area contributed by atoms with Gasteiger partial charge in [-0.3, -0.25) is 0 Å². The lowest BCUT2D eigenvalue weighted by atomic mass is 9.83. The maximum absolute atomic E-state index is 5.50. The summed E-state index contributed by atoms with van der Waals surface area (Å²) >= 11 is 0. The summed E-state index contributed by atoms with van der Waals surface area (Å²) in [7, 11) is 0. The van der Waals surface area contributed by atoms with E-state index in [0.717, 1.165) is 12.4 Å². The highest BCUT2D eigenvalue weighted by atomic mass is 15.0. The van der Waals surface area contributed by atoms with Gasteiger partial charge >= 0.3 is 0 Å². The molecular weight excluding hydrogens is 200 g/mol. The monoisotopic (exact) mass is 220 g/mol. The summed E-state index contributed by atoms with van der Waals surface area (Å²) in [5.74, 6) is 1.30. The Hall–Kier alpha value is -1.32. The third-order valence-corrected chi connectivity index (χ3v) is 3.73. The largest absolute Gasteiger partial charge is 0.382 e. The van der Waals surface area contributed by atoms with Gasteiger partial charge in [0.15, 0.2) is 0 Å². The van der Waals surface area contributed by atoms with Gasteiger partial charge in [0.05, 0.1) is 12.4 Å². The van der Waals surface area contributed by atoms with E-state index in [4.69, 9.17) is 5.73 Å². The molecule has 0 amide bonds. The van der Waals surface area contributed by atoms with Crippen LogP contribution in [0.15, 0.2) is 12.4 Å². The fourth-order valence-corrected chi connectivity index (χ4v) is 2.49. The Morgan fingerprint density at radius 2 is 2.06 bits per heavy atom. The maximum atomic E-state index is 5.50. The summed E-state index contributed by atoms with van der Waals surface area (Å²) in [6, 6.07) is 0.